The van der Waals surface area contributed by atoms with Crippen molar-refractivity contribution in [3.05, 3.63) is 64.5 Å². The lowest BCUT2D eigenvalue weighted by Gasteiger charge is -2.29. The van der Waals surface area contributed by atoms with E-state index in [-0.39, 0.29) is 25.9 Å². The maximum atomic E-state index is 14.8. The van der Waals surface area contributed by atoms with Gasteiger partial charge >= 0.3 is 5.92 Å². The van der Waals surface area contributed by atoms with Crippen molar-refractivity contribution in [3.63, 3.8) is 0 Å². The molecule has 0 aromatic heterocycles. The molecule has 1 saturated heterocycles. The summed E-state index contributed by atoms with van der Waals surface area (Å²) in [7, 11) is 0. The van der Waals surface area contributed by atoms with Crippen LogP contribution in [0.5, 0.6) is 5.75 Å². The Morgan fingerprint density at radius 2 is 1.94 bits per heavy atom. The monoisotopic (exact) mass is 507 g/mol. The molecule has 0 bridgehead atoms. The topological polar surface area (TPSA) is 105 Å². The van der Waals surface area contributed by atoms with E-state index in [1.54, 1.807) is 6.07 Å². The van der Waals surface area contributed by atoms with Gasteiger partial charge in [-0.1, -0.05) is 12.1 Å². The first-order valence-corrected chi connectivity index (χ1v) is 11.0. The van der Waals surface area contributed by atoms with Crippen LogP contribution in [0, 0.1) is 5.82 Å². The summed E-state index contributed by atoms with van der Waals surface area (Å²) in [5.74, 6) is -8.66. The second-order valence-corrected chi connectivity index (χ2v) is 8.33. The van der Waals surface area contributed by atoms with Crippen LogP contribution in [0.15, 0.2) is 36.4 Å². The number of halogens is 4. The molecule has 36 heavy (non-hydrogen) atoms. The van der Waals surface area contributed by atoms with Crippen molar-refractivity contribution >= 4 is 23.6 Å². The summed E-state index contributed by atoms with van der Waals surface area (Å²) in [4.78, 5) is 50.0. The fourth-order valence-electron chi connectivity index (χ4n) is 4.18. The van der Waals surface area contributed by atoms with Crippen molar-refractivity contribution in [1.82, 2.24) is 15.5 Å². The Kier molecular flexibility index (Phi) is 6.95. The van der Waals surface area contributed by atoms with Gasteiger partial charge in [0.05, 0.1) is 5.56 Å². The van der Waals surface area contributed by atoms with E-state index < -0.39 is 66.0 Å². The number of carbonyl (C=O) groups is 4. The molecule has 0 saturated carbocycles. The molecule has 0 aliphatic carbocycles. The number of alkyl halides is 3. The van der Waals surface area contributed by atoms with Crippen molar-refractivity contribution in [1.29, 1.82) is 0 Å². The zero-order chi connectivity index (χ0) is 26.0. The number of carbonyl (C=O) groups excluding carboxylic acids is 4. The van der Waals surface area contributed by atoms with Crippen molar-refractivity contribution < 1.29 is 41.5 Å². The Balaban J connectivity index is 1.45. The second kappa shape index (κ2) is 9.96. The zero-order valence-electron chi connectivity index (χ0n) is 18.8. The van der Waals surface area contributed by atoms with Crippen LogP contribution in [0.3, 0.4) is 0 Å². The second-order valence-electron chi connectivity index (χ2n) is 8.33. The molecule has 2 aliphatic heterocycles. The highest BCUT2D eigenvalue weighted by atomic mass is 19.3. The highest BCUT2D eigenvalue weighted by molar-refractivity contribution is 6.05. The summed E-state index contributed by atoms with van der Waals surface area (Å²) in [5.41, 5.74) is 0.392. The molecule has 4 rings (SSSR count). The van der Waals surface area contributed by atoms with Gasteiger partial charge in [0.1, 0.15) is 30.9 Å². The van der Waals surface area contributed by atoms with Crippen LogP contribution in [0.1, 0.15) is 39.9 Å². The van der Waals surface area contributed by atoms with E-state index >= 15 is 0 Å². The third kappa shape index (κ3) is 4.88. The quantitative estimate of drug-likeness (QED) is 0.422. The number of benzene rings is 2. The van der Waals surface area contributed by atoms with E-state index in [0.29, 0.717) is 28.8 Å². The summed E-state index contributed by atoms with van der Waals surface area (Å²) in [6.07, 6.45) is 0.305. The number of ether oxygens (including phenoxy) is 1. The normalized spacial score (nSPS) is 17.6. The standard InChI is InChI=1S/C24H21F4N3O5/c25-7-8-36-19-10-15(26)2-4-17(19)24(27,28)23(35)29-11-13-1-3-16-14(9-13)12-31(22(16)34)18-5-6-20(32)30-21(18)33/h1-4,9-10,18H,5-8,11-12H2,(H,29,35)(H,30,32,33). The number of nitrogens with zero attached hydrogens (tertiary/aromatic N) is 1. The van der Waals surface area contributed by atoms with Gasteiger partial charge in [0.25, 0.3) is 11.8 Å². The van der Waals surface area contributed by atoms with Crippen LogP contribution in [-0.2, 0) is 33.4 Å². The molecule has 2 aromatic carbocycles. The number of piperidine rings is 1. The van der Waals surface area contributed by atoms with E-state index in [4.69, 9.17) is 4.74 Å². The number of amides is 4. The van der Waals surface area contributed by atoms with Gasteiger partial charge < -0.3 is 15.0 Å². The summed E-state index contributed by atoms with van der Waals surface area (Å²) in [6.45, 7) is -1.80. The van der Waals surface area contributed by atoms with E-state index in [1.165, 1.54) is 17.0 Å². The van der Waals surface area contributed by atoms with E-state index in [9.17, 15) is 36.7 Å². The molecule has 2 N–H and O–H groups in total. The number of imide groups is 1. The van der Waals surface area contributed by atoms with Gasteiger partial charge in [-0.2, -0.15) is 8.78 Å². The van der Waals surface area contributed by atoms with Gasteiger partial charge in [-0.05, 0) is 35.7 Å². The largest absolute Gasteiger partial charge is 0.490 e. The Morgan fingerprint density at radius 1 is 1.17 bits per heavy atom. The summed E-state index contributed by atoms with van der Waals surface area (Å²) < 4.78 is 60.4. The van der Waals surface area contributed by atoms with Crippen LogP contribution in [-0.4, -0.2) is 47.9 Å². The molecule has 8 nitrogen and oxygen atoms in total. The fourth-order valence-corrected chi connectivity index (χ4v) is 4.18. The highest BCUT2D eigenvalue weighted by Gasteiger charge is 2.44. The van der Waals surface area contributed by atoms with Gasteiger partial charge in [-0.15, -0.1) is 0 Å². The average Bonchev–Trinajstić information content (AvgIpc) is 3.16. The Labute approximate surface area is 202 Å². The lowest BCUT2D eigenvalue weighted by molar-refractivity contribution is -0.147. The maximum Gasteiger partial charge on any atom is 0.353 e. The number of nitrogens with one attached hydrogen (secondary N) is 2. The number of hydrogen-bond donors (Lipinski definition) is 2. The van der Waals surface area contributed by atoms with Crippen LogP contribution in [0.4, 0.5) is 17.6 Å². The summed E-state index contributed by atoms with van der Waals surface area (Å²) in [5, 5.41) is 4.32. The Bertz CT molecular complexity index is 1240. The minimum absolute atomic E-state index is 0.0865. The maximum absolute atomic E-state index is 14.8. The lowest BCUT2D eigenvalue weighted by atomic mass is 10.0. The van der Waals surface area contributed by atoms with Crippen LogP contribution in [0.25, 0.3) is 0 Å². The molecule has 1 fully saturated rings. The fraction of sp³-hybridized carbons (Fsp3) is 0.333. The summed E-state index contributed by atoms with van der Waals surface area (Å²) >= 11 is 0. The van der Waals surface area contributed by atoms with E-state index in [2.05, 4.69) is 10.6 Å². The molecule has 1 atom stereocenters. The average molecular weight is 507 g/mol. The van der Waals surface area contributed by atoms with Crippen molar-refractivity contribution in [2.75, 3.05) is 13.3 Å². The highest BCUT2D eigenvalue weighted by Crippen LogP contribution is 2.36. The molecule has 12 heteroatoms. The number of hydrogen-bond acceptors (Lipinski definition) is 5. The van der Waals surface area contributed by atoms with E-state index in [1.807, 2.05) is 0 Å². The van der Waals surface area contributed by atoms with Crippen molar-refractivity contribution in [2.45, 2.75) is 37.9 Å². The number of fused-ring (bicyclic) bond motifs is 1. The first-order valence-electron chi connectivity index (χ1n) is 11.0. The smallest absolute Gasteiger partial charge is 0.353 e. The van der Waals surface area contributed by atoms with Gasteiger partial charge in [0.2, 0.25) is 11.8 Å². The first kappa shape index (κ1) is 25.1. The van der Waals surface area contributed by atoms with Gasteiger partial charge in [0, 0.05) is 31.1 Å². The lowest BCUT2D eigenvalue weighted by Crippen LogP contribution is -2.52. The molecule has 2 heterocycles. The van der Waals surface area contributed by atoms with Crippen molar-refractivity contribution in [3.8, 4) is 5.75 Å². The predicted molar refractivity (Wildman–Crippen MR) is 116 cm³/mol. The third-order valence-corrected chi connectivity index (χ3v) is 5.94. The molecule has 2 aliphatic rings. The molecular weight excluding hydrogens is 486 g/mol. The predicted octanol–water partition coefficient (Wildman–Crippen LogP) is 2.34. The van der Waals surface area contributed by atoms with Crippen molar-refractivity contribution in [2.24, 2.45) is 0 Å². The summed E-state index contributed by atoms with van der Waals surface area (Å²) in [6, 6.07) is 5.82. The first-order chi connectivity index (χ1) is 17.1. The van der Waals surface area contributed by atoms with Gasteiger partial charge in [-0.25, -0.2) is 8.78 Å². The van der Waals surface area contributed by atoms with Crippen LogP contribution >= 0.6 is 0 Å². The van der Waals surface area contributed by atoms with Crippen LogP contribution < -0.4 is 15.4 Å². The van der Waals surface area contributed by atoms with Gasteiger partial charge in [-0.3, -0.25) is 24.5 Å². The molecule has 190 valence electrons. The molecular formula is C24H21F4N3O5. The Hall–Kier alpha value is -3.96. The minimum Gasteiger partial charge on any atom is -0.490 e. The third-order valence-electron chi connectivity index (χ3n) is 5.94. The SMILES string of the molecule is O=C1CCC(N2Cc3cc(CNC(=O)C(F)(F)c4ccc(F)cc4OCCF)ccc3C2=O)C(=O)N1. The molecule has 0 spiro atoms. The van der Waals surface area contributed by atoms with Gasteiger partial charge in [0.15, 0.2) is 0 Å². The molecule has 1 unspecified atom stereocenters. The molecule has 4 amide bonds. The van der Waals surface area contributed by atoms with E-state index in [0.717, 1.165) is 6.07 Å². The zero-order valence-corrected chi connectivity index (χ0v) is 18.8. The molecule has 0 radical (unpaired) electrons. The molecule has 2 aromatic rings. The Morgan fingerprint density at radius 3 is 2.67 bits per heavy atom. The minimum atomic E-state index is -4.10. The van der Waals surface area contributed by atoms with Crippen LogP contribution in [0.2, 0.25) is 0 Å². The number of rotatable bonds is 8.